The Morgan fingerprint density at radius 3 is 2.40 bits per heavy atom. The molecule has 25 heavy (non-hydrogen) atoms. The van der Waals surface area contributed by atoms with Crippen LogP contribution in [0.3, 0.4) is 0 Å². The van der Waals surface area contributed by atoms with Crippen molar-refractivity contribution < 1.29 is 18.8 Å². The summed E-state index contributed by atoms with van der Waals surface area (Å²) in [6.45, 7) is 3.68. The van der Waals surface area contributed by atoms with Gasteiger partial charge in [0.25, 0.3) is 5.91 Å². The molecular formula is C17H15FN4O3. The third kappa shape index (κ3) is 2.10. The normalized spacial score (nSPS) is 22.2. The number of halogens is 1. The van der Waals surface area contributed by atoms with Crippen molar-refractivity contribution in [2.75, 3.05) is 4.90 Å². The van der Waals surface area contributed by atoms with Crippen LogP contribution in [-0.4, -0.2) is 33.4 Å². The van der Waals surface area contributed by atoms with Crippen molar-refractivity contribution in [1.82, 2.24) is 9.78 Å². The van der Waals surface area contributed by atoms with Gasteiger partial charge in [0.15, 0.2) is 0 Å². The molecule has 0 bridgehead atoms. The van der Waals surface area contributed by atoms with Gasteiger partial charge in [0, 0.05) is 18.3 Å². The molecule has 0 N–H and O–H groups in total. The fraction of sp³-hybridized carbons (Fsp3) is 0.294. The van der Waals surface area contributed by atoms with Gasteiger partial charge in [-0.25, -0.2) is 9.29 Å². The van der Waals surface area contributed by atoms with Crippen LogP contribution in [-0.2, 0) is 21.5 Å². The third-order valence-electron chi connectivity index (χ3n) is 4.66. The highest BCUT2D eigenvalue weighted by molar-refractivity contribution is 6.32. The van der Waals surface area contributed by atoms with Crippen LogP contribution in [0.1, 0.15) is 17.0 Å². The van der Waals surface area contributed by atoms with E-state index in [2.05, 4.69) is 10.3 Å². The van der Waals surface area contributed by atoms with Crippen LogP contribution in [0.25, 0.3) is 0 Å². The molecule has 2 aliphatic heterocycles. The molecule has 2 amide bonds. The summed E-state index contributed by atoms with van der Waals surface area (Å²) in [6.07, 6.45) is -0.994. The monoisotopic (exact) mass is 342 g/mol. The van der Waals surface area contributed by atoms with Gasteiger partial charge in [0.2, 0.25) is 12.0 Å². The molecule has 2 unspecified atom stereocenters. The average Bonchev–Trinajstić information content (AvgIpc) is 3.17. The van der Waals surface area contributed by atoms with Crippen molar-refractivity contribution in [3.8, 4) is 0 Å². The molecule has 0 spiro atoms. The van der Waals surface area contributed by atoms with Crippen LogP contribution in [0, 0.1) is 25.6 Å². The first-order valence-corrected chi connectivity index (χ1v) is 7.78. The van der Waals surface area contributed by atoms with Gasteiger partial charge in [-0.1, -0.05) is 5.16 Å². The number of hydrogen-bond acceptors (Lipinski definition) is 5. The lowest BCUT2D eigenvalue weighted by atomic mass is 9.93. The molecule has 0 saturated carbocycles. The Labute approximate surface area is 142 Å². The molecule has 7 nitrogen and oxygen atoms in total. The zero-order chi connectivity index (χ0) is 17.9. The summed E-state index contributed by atoms with van der Waals surface area (Å²) < 4.78 is 14.8. The predicted octanol–water partition coefficient (Wildman–Crippen LogP) is 1.47. The number of oxime groups is 1. The Kier molecular flexibility index (Phi) is 3.24. The van der Waals surface area contributed by atoms with Crippen molar-refractivity contribution in [3.05, 3.63) is 47.0 Å². The summed E-state index contributed by atoms with van der Waals surface area (Å²) in [6, 6.07) is 5.19. The van der Waals surface area contributed by atoms with E-state index < -0.39 is 29.7 Å². The van der Waals surface area contributed by atoms with Gasteiger partial charge >= 0.3 is 0 Å². The quantitative estimate of drug-likeness (QED) is 0.775. The van der Waals surface area contributed by atoms with Gasteiger partial charge in [0.1, 0.15) is 17.4 Å². The average molecular weight is 342 g/mol. The number of nitrogens with zero attached hydrogens (tertiary/aromatic N) is 4. The molecule has 1 fully saturated rings. The maximum absolute atomic E-state index is 13.1. The Morgan fingerprint density at radius 1 is 1.12 bits per heavy atom. The second kappa shape index (κ2) is 5.23. The summed E-state index contributed by atoms with van der Waals surface area (Å²) >= 11 is 0. The Balaban J connectivity index is 1.75. The number of fused-ring (bicyclic) bond motifs is 1. The van der Waals surface area contributed by atoms with Crippen molar-refractivity contribution >= 4 is 23.2 Å². The number of imide groups is 1. The van der Waals surface area contributed by atoms with E-state index >= 15 is 0 Å². The molecule has 1 saturated heterocycles. The van der Waals surface area contributed by atoms with Gasteiger partial charge in [-0.05, 0) is 38.1 Å². The number of benzene rings is 1. The zero-order valence-corrected chi connectivity index (χ0v) is 13.9. The van der Waals surface area contributed by atoms with E-state index in [9.17, 15) is 14.0 Å². The highest BCUT2D eigenvalue weighted by Gasteiger charge is 2.56. The van der Waals surface area contributed by atoms with Crippen LogP contribution < -0.4 is 4.90 Å². The van der Waals surface area contributed by atoms with Crippen LogP contribution >= 0.6 is 0 Å². The van der Waals surface area contributed by atoms with E-state index in [0.29, 0.717) is 17.1 Å². The van der Waals surface area contributed by atoms with Gasteiger partial charge in [-0.2, -0.15) is 5.10 Å². The first-order valence-electron chi connectivity index (χ1n) is 7.78. The summed E-state index contributed by atoms with van der Waals surface area (Å²) in [5.74, 6) is -2.19. The molecule has 1 aromatic carbocycles. The molecule has 0 radical (unpaired) electrons. The standard InChI is InChI=1S/C17H15FN4O3/c1-8-12(9(2)21(3)19-8)14-13-15(25-20-14)17(24)22(16(13)23)11-6-4-10(18)5-7-11/h4-7,13,15H,1-3H3. The molecule has 3 heterocycles. The maximum Gasteiger partial charge on any atom is 0.278 e. The first-order chi connectivity index (χ1) is 11.9. The van der Waals surface area contributed by atoms with Gasteiger partial charge < -0.3 is 4.84 Å². The number of carbonyl (C=O) groups is 2. The fourth-order valence-electron chi connectivity index (χ4n) is 3.37. The molecule has 2 atom stereocenters. The van der Waals surface area contributed by atoms with Gasteiger partial charge in [0.05, 0.1) is 11.4 Å². The number of anilines is 1. The fourth-order valence-corrected chi connectivity index (χ4v) is 3.37. The number of aryl methyl sites for hydroxylation is 2. The molecule has 4 rings (SSSR count). The largest absolute Gasteiger partial charge is 0.381 e. The third-order valence-corrected chi connectivity index (χ3v) is 4.66. The van der Waals surface area contributed by atoms with Crippen molar-refractivity contribution in [2.24, 2.45) is 18.1 Å². The van der Waals surface area contributed by atoms with Gasteiger partial charge in [-0.15, -0.1) is 0 Å². The van der Waals surface area contributed by atoms with E-state index in [1.54, 1.807) is 11.7 Å². The van der Waals surface area contributed by atoms with Crippen LogP contribution in [0.2, 0.25) is 0 Å². The minimum Gasteiger partial charge on any atom is -0.381 e. The lowest BCUT2D eigenvalue weighted by Gasteiger charge is -2.15. The summed E-state index contributed by atoms with van der Waals surface area (Å²) in [7, 11) is 1.80. The van der Waals surface area contributed by atoms with E-state index in [0.717, 1.165) is 16.2 Å². The van der Waals surface area contributed by atoms with Crippen LogP contribution in [0.5, 0.6) is 0 Å². The summed E-state index contributed by atoms with van der Waals surface area (Å²) in [5, 5.41) is 8.33. The van der Waals surface area contributed by atoms with Crippen molar-refractivity contribution in [3.63, 3.8) is 0 Å². The lowest BCUT2D eigenvalue weighted by Crippen LogP contribution is -2.33. The number of rotatable bonds is 2. The molecule has 2 aromatic rings. The minimum atomic E-state index is -0.994. The maximum atomic E-state index is 13.1. The van der Waals surface area contributed by atoms with Crippen LogP contribution in [0.15, 0.2) is 29.4 Å². The smallest absolute Gasteiger partial charge is 0.278 e. The zero-order valence-electron chi connectivity index (χ0n) is 13.9. The Hall–Kier alpha value is -3.03. The number of aromatic nitrogens is 2. The molecule has 0 aliphatic carbocycles. The first kappa shape index (κ1) is 15.5. The topological polar surface area (TPSA) is 76.8 Å². The Bertz CT molecular complexity index is 932. The Morgan fingerprint density at radius 2 is 1.80 bits per heavy atom. The second-order valence-electron chi connectivity index (χ2n) is 6.14. The highest BCUT2D eigenvalue weighted by Crippen LogP contribution is 2.36. The second-order valence-corrected chi connectivity index (χ2v) is 6.14. The molecule has 8 heteroatoms. The van der Waals surface area contributed by atoms with E-state index in [1.165, 1.54) is 24.3 Å². The summed E-state index contributed by atoms with van der Waals surface area (Å²) in [4.78, 5) is 31.9. The van der Waals surface area contributed by atoms with E-state index in [-0.39, 0.29) is 0 Å². The molecule has 2 aliphatic rings. The SMILES string of the molecule is Cc1nn(C)c(C)c1C1=NOC2C(=O)N(c3ccc(F)cc3)C(=O)C12. The molecule has 128 valence electrons. The number of hydrogen-bond donors (Lipinski definition) is 0. The number of carbonyl (C=O) groups excluding carboxylic acids is 2. The lowest BCUT2D eigenvalue weighted by molar-refractivity contribution is -0.126. The molecular weight excluding hydrogens is 327 g/mol. The molecule has 1 aromatic heterocycles. The van der Waals surface area contributed by atoms with Crippen LogP contribution in [0.4, 0.5) is 10.1 Å². The number of amides is 2. The summed E-state index contributed by atoms with van der Waals surface area (Å²) in [5.41, 5.74) is 2.99. The van der Waals surface area contributed by atoms with Crippen molar-refractivity contribution in [1.29, 1.82) is 0 Å². The van der Waals surface area contributed by atoms with Gasteiger partial charge in [-0.3, -0.25) is 14.3 Å². The van der Waals surface area contributed by atoms with Crippen molar-refractivity contribution in [2.45, 2.75) is 20.0 Å². The highest BCUT2D eigenvalue weighted by atomic mass is 19.1. The van der Waals surface area contributed by atoms with E-state index in [1.807, 2.05) is 13.8 Å². The van der Waals surface area contributed by atoms with E-state index in [4.69, 9.17) is 4.84 Å². The minimum absolute atomic E-state index is 0.313. The predicted molar refractivity (Wildman–Crippen MR) is 86.5 cm³/mol.